The number of carbonyl (C=O) groups is 3. The van der Waals surface area contributed by atoms with Gasteiger partial charge in [-0.05, 0) is 0 Å². The average Bonchev–Trinajstić information content (AvgIpc) is 2.32. The SMILES string of the molecule is COC(=O)C1(O)C(=O)CCC1=O. The predicted octanol–water partition coefficient (Wildman–Crippen LogP) is -1.18. The maximum atomic E-state index is 10.9. The van der Waals surface area contributed by atoms with Gasteiger partial charge >= 0.3 is 5.97 Å². The molecule has 1 N–H and O–H groups in total. The fraction of sp³-hybridized carbons (Fsp3) is 0.571. The predicted molar refractivity (Wildman–Crippen MR) is 36.2 cm³/mol. The van der Waals surface area contributed by atoms with Crippen LogP contribution in [0.4, 0.5) is 0 Å². The summed E-state index contributed by atoms with van der Waals surface area (Å²) in [5.74, 6) is -2.74. The Labute approximate surface area is 68.3 Å². The first-order chi connectivity index (χ1) is 5.53. The normalized spacial score (nSPS) is 21.2. The number of methoxy groups -OCH3 is 1. The molecule has 0 aromatic carbocycles. The van der Waals surface area contributed by atoms with Crippen LogP contribution in [-0.4, -0.2) is 35.4 Å². The van der Waals surface area contributed by atoms with Crippen molar-refractivity contribution in [2.75, 3.05) is 7.11 Å². The number of esters is 1. The van der Waals surface area contributed by atoms with Gasteiger partial charge in [-0.15, -0.1) is 0 Å². The zero-order chi connectivity index (χ0) is 9.35. The van der Waals surface area contributed by atoms with E-state index in [9.17, 15) is 19.5 Å². The van der Waals surface area contributed by atoms with Crippen molar-refractivity contribution in [1.82, 2.24) is 0 Å². The molecule has 0 heterocycles. The van der Waals surface area contributed by atoms with Gasteiger partial charge in [0, 0.05) is 12.8 Å². The van der Waals surface area contributed by atoms with Gasteiger partial charge in [0.15, 0.2) is 11.6 Å². The maximum absolute atomic E-state index is 10.9. The van der Waals surface area contributed by atoms with E-state index in [1.165, 1.54) is 0 Å². The van der Waals surface area contributed by atoms with Gasteiger partial charge in [0.1, 0.15) is 0 Å². The van der Waals surface area contributed by atoms with Crippen molar-refractivity contribution < 1.29 is 24.2 Å². The lowest BCUT2D eigenvalue weighted by molar-refractivity contribution is -0.169. The Hall–Kier alpha value is -1.23. The van der Waals surface area contributed by atoms with Crippen LogP contribution in [0.5, 0.6) is 0 Å². The minimum Gasteiger partial charge on any atom is -0.466 e. The number of carbonyl (C=O) groups excluding carboxylic acids is 3. The molecule has 5 nitrogen and oxygen atoms in total. The van der Waals surface area contributed by atoms with Crippen molar-refractivity contribution in [2.45, 2.75) is 18.4 Å². The van der Waals surface area contributed by atoms with Gasteiger partial charge in [-0.3, -0.25) is 9.59 Å². The van der Waals surface area contributed by atoms with Crippen molar-refractivity contribution in [3.05, 3.63) is 0 Å². The smallest absolute Gasteiger partial charge is 0.353 e. The molecule has 1 aliphatic carbocycles. The average molecular weight is 172 g/mol. The molecule has 0 bridgehead atoms. The van der Waals surface area contributed by atoms with Crippen LogP contribution in [0, 0.1) is 0 Å². The van der Waals surface area contributed by atoms with E-state index in [0.29, 0.717) is 0 Å². The van der Waals surface area contributed by atoms with Crippen LogP contribution in [0.3, 0.4) is 0 Å². The Balaban J connectivity index is 3.02. The molecule has 0 radical (unpaired) electrons. The van der Waals surface area contributed by atoms with Crippen molar-refractivity contribution in [2.24, 2.45) is 0 Å². The number of hydrogen-bond donors (Lipinski definition) is 1. The largest absolute Gasteiger partial charge is 0.466 e. The highest BCUT2D eigenvalue weighted by Crippen LogP contribution is 2.23. The lowest BCUT2D eigenvalue weighted by atomic mass is 10.0. The molecule has 0 unspecified atom stereocenters. The van der Waals surface area contributed by atoms with Crippen molar-refractivity contribution >= 4 is 17.5 Å². The fourth-order valence-electron chi connectivity index (χ4n) is 1.12. The summed E-state index contributed by atoms with van der Waals surface area (Å²) in [5.41, 5.74) is -2.52. The maximum Gasteiger partial charge on any atom is 0.353 e. The Morgan fingerprint density at radius 3 is 2.17 bits per heavy atom. The first-order valence-electron chi connectivity index (χ1n) is 3.41. The van der Waals surface area contributed by atoms with E-state index in [1.54, 1.807) is 0 Å². The Morgan fingerprint density at radius 2 is 1.83 bits per heavy atom. The number of ether oxygens (including phenoxy) is 1. The summed E-state index contributed by atoms with van der Waals surface area (Å²) >= 11 is 0. The molecular formula is C7H8O5. The number of ketones is 2. The van der Waals surface area contributed by atoms with E-state index in [0.717, 1.165) is 7.11 Å². The van der Waals surface area contributed by atoms with E-state index in [1.807, 2.05) is 0 Å². The Kier molecular flexibility index (Phi) is 1.97. The molecule has 0 atom stereocenters. The second kappa shape index (κ2) is 2.67. The summed E-state index contributed by atoms with van der Waals surface area (Å²) in [6.45, 7) is 0. The van der Waals surface area contributed by atoms with Gasteiger partial charge in [0.2, 0.25) is 0 Å². The van der Waals surface area contributed by atoms with E-state index >= 15 is 0 Å². The highest BCUT2D eigenvalue weighted by molar-refractivity contribution is 6.29. The van der Waals surface area contributed by atoms with Crippen LogP contribution >= 0.6 is 0 Å². The van der Waals surface area contributed by atoms with Crippen molar-refractivity contribution in [3.8, 4) is 0 Å². The molecule has 0 aromatic rings. The molecule has 0 aromatic heterocycles. The zero-order valence-corrected chi connectivity index (χ0v) is 6.49. The van der Waals surface area contributed by atoms with Crippen molar-refractivity contribution in [1.29, 1.82) is 0 Å². The Morgan fingerprint density at radius 1 is 1.42 bits per heavy atom. The third-order valence-electron chi connectivity index (χ3n) is 1.87. The van der Waals surface area contributed by atoms with Gasteiger partial charge in [-0.2, -0.15) is 0 Å². The van der Waals surface area contributed by atoms with Crippen LogP contribution < -0.4 is 0 Å². The van der Waals surface area contributed by atoms with Crippen LogP contribution in [-0.2, 0) is 19.1 Å². The molecule has 0 amide bonds. The lowest BCUT2D eigenvalue weighted by Gasteiger charge is -2.14. The molecule has 5 heteroatoms. The molecule has 12 heavy (non-hydrogen) atoms. The summed E-state index contributed by atoms with van der Waals surface area (Å²) in [6, 6.07) is 0. The molecule has 66 valence electrons. The van der Waals surface area contributed by atoms with Crippen LogP contribution in [0.1, 0.15) is 12.8 Å². The fourth-order valence-corrected chi connectivity index (χ4v) is 1.12. The molecule has 1 fully saturated rings. The number of aliphatic hydroxyl groups is 1. The van der Waals surface area contributed by atoms with Crippen LogP contribution in [0.25, 0.3) is 0 Å². The first-order valence-corrected chi connectivity index (χ1v) is 3.41. The van der Waals surface area contributed by atoms with Gasteiger partial charge in [-0.25, -0.2) is 4.79 Å². The second-order valence-electron chi connectivity index (χ2n) is 2.55. The molecule has 0 spiro atoms. The number of Topliss-reactive ketones (excluding diaryl/α,β-unsaturated/α-hetero) is 2. The molecule has 0 aliphatic heterocycles. The minimum atomic E-state index is -2.52. The van der Waals surface area contributed by atoms with Crippen LogP contribution in [0.15, 0.2) is 0 Å². The van der Waals surface area contributed by atoms with Gasteiger partial charge in [-0.1, -0.05) is 0 Å². The van der Waals surface area contributed by atoms with Gasteiger partial charge in [0.25, 0.3) is 5.60 Å². The summed E-state index contributed by atoms with van der Waals surface area (Å²) in [5, 5.41) is 9.32. The highest BCUT2D eigenvalue weighted by atomic mass is 16.5. The molecule has 1 saturated carbocycles. The quantitative estimate of drug-likeness (QED) is 0.398. The third-order valence-corrected chi connectivity index (χ3v) is 1.87. The first kappa shape index (κ1) is 8.86. The standard InChI is InChI=1S/C7H8O5/c1-12-6(10)7(11)4(8)2-3-5(7)9/h11H,2-3H2,1H3. The summed E-state index contributed by atoms with van der Waals surface area (Å²) in [7, 11) is 1.01. The van der Waals surface area contributed by atoms with Crippen molar-refractivity contribution in [3.63, 3.8) is 0 Å². The van der Waals surface area contributed by atoms with E-state index in [4.69, 9.17) is 0 Å². The second-order valence-corrected chi connectivity index (χ2v) is 2.55. The van der Waals surface area contributed by atoms with Gasteiger partial charge < -0.3 is 9.84 Å². The summed E-state index contributed by atoms with van der Waals surface area (Å²) in [6.07, 6.45) is -0.186. The van der Waals surface area contributed by atoms with E-state index in [-0.39, 0.29) is 12.8 Å². The minimum absolute atomic E-state index is 0.0928. The summed E-state index contributed by atoms with van der Waals surface area (Å²) < 4.78 is 4.15. The van der Waals surface area contributed by atoms with E-state index in [2.05, 4.69) is 4.74 Å². The lowest BCUT2D eigenvalue weighted by Crippen LogP contribution is -2.49. The Bertz CT molecular complexity index is 239. The van der Waals surface area contributed by atoms with Gasteiger partial charge in [0.05, 0.1) is 7.11 Å². The molecular weight excluding hydrogens is 164 g/mol. The summed E-state index contributed by atoms with van der Waals surface area (Å²) in [4.78, 5) is 32.7. The van der Waals surface area contributed by atoms with E-state index < -0.39 is 23.1 Å². The monoisotopic (exact) mass is 172 g/mol. The molecule has 1 rings (SSSR count). The molecule has 1 aliphatic rings. The highest BCUT2D eigenvalue weighted by Gasteiger charge is 2.55. The topological polar surface area (TPSA) is 80.7 Å². The number of hydrogen-bond acceptors (Lipinski definition) is 5. The third kappa shape index (κ3) is 0.937. The zero-order valence-electron chi connectivity index (χ0n) is 6.49. The van der Waals surface area contributed by atoms with Crippen LogP contribution in [0.2, 0.25) is 0 Å². The number of rotatable bonds is 1. The molecule has 0 saturated heterocycles.